The molecule has 154 valence electrons. The van der Waals surface area contributed by atoms with Gasteiger partial charge < -0.3 is 9.47 Å². The molecule has 1 aliphatic rings. The van der Waals surface area contributed by atoms with Crippen LogP contribution >= 0.6 is 0 Å². The Hall–Kier alpha value is -3.16. The number of carbonyl (C=O) groups is 1. The average Bonchev–Trinajstić information content (AvgIpc) is 3.35. The zero-order valence-electron chi connectivity index (χ0n) is 16.6. The summed E-state index contributed by atoms with van der Waals surface area (Å²) < 4.78 is 39.4. The minimum atomic E-state index is -3.96. The van der Waals surface area contributed by atoms with Crippen molar-refractivity contribution in [2.24, 2.45) is 0 Å². The van der Waals surface area contributed by atoms with Crippen molar-refractivity contribution < 1.29 is 22.7 Å². The van der Waals surface area contributed by atoms with Crippen LogP contribution in [0, 0.1) is 6.92 Å². The number of aryl methyl sites for hydroxylation is 1. The molecule has 7 heteroatoms. The summed E-state index contributed by atoms with van der Waals surface area (Å²) in [5.41, 5.74) is 2.03. The first-order valence-electron chi connectivity index (χ1n) is 9.37. The number of esters is 1. The van der Waals surface area contributed by atoms with Crippen molar-refractivity contribution in [3.63, 3.8) is 0 Å². The predicted octanol–water partition coefficient (Wildman–Crippen LogP) is 3.91. The van der Waals surface area contributed by atoms with E-state index in [-0.39, 0.29) is 10.5 Å². The van der Waals surface area contributed by atoms with E-state index in [4.69, 9.17) is 9.47 Å². The van der Waals surface area contributed by atoms with Crippen LogP contribution in [-0.4, -0.2) is 31.6 Å². The molecule has 1 aromatic heterocycles. The number of carbonyl (C=O) groups excluding carboxylic acids is 1. The van der Waals surface area contributed by atoms with E-state index in [1.54, 1.807) is 54.6 Å². The molecule has 0 saturated carbocycles. The van der Waals surface area contributed by atoms with Crippen molar-refractivity contribution in [3.8, 4) is 0 Å². The van der Waals surface area contributed by atoms with Crippen LogP contribution in [0.5, 0.6) is 0 Å². The second kappa shape index (κ2) is 7.59. The lowest BCUT2D eigenvalue weighted by molar-refractivity contribution is -0.137. The topological polar surface area (TPSA) is 74.6 Å². The molecule has 0 amide bonds. The molecule has 0 radical (unpaired) electrons. The van der Waals surface area contributed by atoms with E-state index >= 15 is 0 Å². The van der Waals surface area contributed by atoms with E-state index in [0.717, 1.165) is 10.9 Å². The summed E-state index contributed by atoms with van der Waals surface area (Å²) in [4.78, 5) is 12.5. The van der Waals surface area contributed by atoms with Gasteiger partial charge in [-0.25, -0.2) is 17.2 Å². The molecule has 1 aliphatic heterocycles. The summed E-state index contributed by atoms with van der Waals surface area (Å²) >= 11 is 0. The minimum absolute atomic E-state index is 0.151. The Bertz CT molecular complexity index is 1270. The predicted molar refractivity (Wildman–Crippen MR) is 114 cm³/mol. The highest BCUT2D eigenvalue weighted by Crippen LogP contribution is 2.39. The second-order valence-electron chi connectivity index (χ2n) is 7.04. The van der Waals surface area contributed by atoms with Gasteiger partial charge in [0.2, 0.25) is 0 Å². The molecule has 0 bridgehead atoms. The third-order valence-electron chi connectivity index (χ3n) is 5.09. The van der Waals surface area contributed by atoms with Gasteiger partial charge in [-0.05, 0) is 37.3 Å². The first-order valence-corrected chi connectivity index (χ1v) is 10.8. The van der Waals surface area contributed by atoms with Crippen molar-refractivity contribution in [3.05, 3.63) is 90.2 Å². The van der Waals surface area contributed by atoms with Gasteiger partial charge in [-0.15, -0.1) is 6.58 Å². The maximum Gasteiger partial charge on any atom is 0.336 e. The second-order valence-corrected chi connectivity index (χ2v) is 8.83. The normalized spacial score (nSPS) is 18.9. The smallest absolute Gasteiger partial charge is 0.336 e. The molecule has 1 unspecified atom stereocenters. The van der Waals surface area contributed by atoms with Crippen LogP contribution < -0.4 is 0 Å². The van der Waals surface area contributed by atoms with E-state index in [2.05, 4.69) is 6.58 Å². The van der Waals surface area contributed by atoms with Crippen LogP contribution in [0.25, 0.3) is 10.9 Å². The third kappa shape index (κ3) is 3.26. The molecule has 3 aromatic rings. The van der Waals surface area contributed by atoms with Gasteiger partial charge in [0.15, 0.2) is 0 Å². The number of aromatic nitrogens is 1. The quantitative estimate of drug-likeness (QED) is 0.459. The largest absolute Gasteiger partial charge is 0.466 e. The first kappa shape index (κ1) is 20.1. The van der Waals surface area contributed by atoms with Crippen LogP contribution in [0.4, 0.5) is 0 Å². The van der Waals surface area contributed by atoms with Crippen LogP contribution in [0.2, 0.25) is 0 Å². The number of methoxy groups -OCH3 is 1. The SMILES string of the molecule is C=C[C@H]1C=C(C(=O)OC)C(c2cc3ccccc3n2S(=O)(=O)c2ccc(C)cc2)O1. The molecule has 2 atom stereocenters. The summed E-state index contributed by atoms with van der Waals surface area (Å²) in [5, 5.41) is 0.720. The number of hydrogen-bond acceptors (Lipinski definition) is 5. The molecule has 6 nitrogen and oxygen atoms in total. The molecule has 0 N–H and O–H groups in total. The summed E-state index contributed by atoms with van der Waals surface area (Å²) in [6, 6.07) is 15.5. The Morgan fingerprint density at radius 2 is 1.87 bits per heavy atom. The van der Waals surface area contributed by atoms with Gasteiger partial charge >= 0.3 is 5.97 Å². The number of rotatable bonds is 5. The Morgan fingerprint density at radius 3 is 2.53 bits per heavy atom. The fourth-order valence-corrected chi connectivity index (χ4v) is 5.14. The number of fused-ring (bicyclic) bond motifs is 1. The number of para-hydroxylation sites is 1. The van der Waals surface area contributed by atoms with Gasteiger partial charge in [-0.2, -0.15) is 0 Å². The van der Waals surface area contributed by atoms with Gasteiger partial charge in [0.25, 0.3) is 10.0 Å². The lowest BCUT2D eigenvalue weighted by Gasteiger charge is -2.19. The molecule has 30 heavy (non-hydrogen) atoms. The van der Waals surface area contributed by atoms with Crippen molar-refractivity contribution in [2.75, 3.05) is 7.11 Å². The zero-order valence-corrected chi connectivity index (χ0v) is 17.4. The average molecular weight is 423 g/mol. The van der Waals surface area contributed by atoms with Crippen molar-refractivity contribution >= 4 is 26.9 Å². The number of hydrogen-bond donors (Lipinski definition) is 0. The van der Waals surface area contributed by atoms with E-state index in [1.165, 1.54) is 11.1 Å². The molecule has 4 rings (SSSR count). The van der Waals surface area contributed by atoms with E-state index < -0.39 is 28.2 Å². The first-order chi connectivity index (χ1) is 14.4. The summed E-state index contributed by atoms with van der Waals surface area (Å²) in [6.45, 7) is 5.60. The highest BCUT2D eigenvalue weighted by Gasteiger charge is 2.37. The number of benzene rings is 2. The van der Waals surface area contributed by atoms with E-state index in [9.17, 15) is 13.2 Å². The number of ether oxygens (including phenoxy) is 2. The molecule has 2 aromatic carbocycles. The third-order valence-corrected chi connectivity index (χ3v) is 6.85. The molecule has 0 aliphatic carbocycles. The minimum Gasteiger partial charge on any atom is -0.466 e. The summed E-state index contributed by atoms with van der Waals surface area (Å²) in [5.74, 6) is -0.575. The van der Waals surface area contributed by atoms with Gasteiger partial charge in [0.1, 0.15) is 6.10 Å². The highest BCUT2D eigenvalue weighted by atomic mass is 32.2. The Balaban J connectivity index is 1.96. The zero-order chi connectivity index (χ0) is 21.5. The molecule has 0 spiro atoms. The Kier molecular flexibility index (Phi) is 5.09. The van der Waals surface area contributed by atoms with E-state index in [0.29, 0.717) is 11.2 Å². The van der Waals surface area contributed by atoms with Crippen molar-refractivity contribution in [2.45, 2.75) is 24.0 Å². The molecule has 2 heterocycles. The molecular weight excluding hydrogens is 402 g/mol. The van der Waals surface area contributed by atoms with Crippen LogP contribution in [0.1, 0.15) is 17.4 Å². The van der Waals surface area contributed by atoms with Crippen LogP contribution in [0.15, 0.2) is 83.8 Å². The van der Waals surface area contributed by atoms with E-state index in [1.807, 2.05) is 19.1 Å². The Morgan fingerprint density at radius 1 is 1.17 bits per heavy atom. The maximum absolute atomic E-state index is 13.6. The van der Waals surface area contributed by atoms with Crippen molar-refractivity contribution in [1.29, 1.82) is 0 Å². The molecular formula is C23H21NO5S. The standard InChI is InChI=1S/C23H21NO5S/c1-4-17-14-19(23(25)28-3)22(29-17)21-13-16-7-5-6-8-20(16)24(21)30(26,27)18-11-9-15(2)10-12-18/h4-14,17,22H,1H2,2-3H3/t17-,22?/m0/s1. The van der Waals surface area contributed by atoms with Crippen LogP contribution in [-0.2, 0) is 24.3 Å². The number of nitrogens with zero attached hydrogens (tertiary/aromatic N) is 1. The lowest BCUT2D eigenvalue weighted by atomic mass is 10.1. The van der Waals surface area contributed by atoms with Gasteiger partial charge in [-0.3, -0.25) is 0 Å². The maximum atomic E-state index is 13.6. The highest BCUT2D eigenvalue weighted by molar-refractivity contribution is 7.90. The fourth-order valence-electron chi connectivity index (χ4n) is 3.60. The summed E-state index contributed by atoms with van der Waals surface area (Å²) in [6.07, 6.45) is 1.71. The fraction of sp³-hybridized carbons (Fsp3) is 0.174. The van der Waals surface area contributed by atoms with Crippen LogP contribution in [0.3, 0.4) is 0 Å². The lowest BCUT2D eigenvalue weighted by Crippen LogP contribution is -2.21. The van der Waals surface area contributed by atoms with Crippen molar-refractivity contribution in [1.82, 2.24) is 3.97 Å². The Labute approximate surface area is 175 Å². The summed E-state index contributed by atoms with van der Waals surface area (Å²) in [7, 11) is -2.68. The van der Waals surface area contributed by atoms with Gasteiger partial charge in [0.05, 0.1) is 34.9 Å². The van der Waals surface area contributed by atoms with Gasteiger partial charge in [-0.1, -0.05) is 42.0 Å². The van der Waals surface area contributed by atoms with Gasteiger partial charge in [0, 0.05) is 5.39 Å². The monoisotopic (exact) mass is 423 g/mol. The molecule has 0 fully saturated rings. The molecule has 0 saturated heterocycles.